The molecule has 1 aromatic carbocycles. The summed E-state index contributed by atoms with van der Waals surface area (Å²) in [6.45, 7) is 10.8. The van der Waals surface area contributed by atoms with Crippen LogP contribution in [0.4, 0.5) is 0 Å². The van der Waals surface area contributed by atoms with E-state index in [1.54, 1.807) is 6.08 Å². The van der Waals surface area contributed by atoms with E-state index in [-0.39, 0.29) is 11.8 Å². The Kier molecular flexibility index (Phi) is 7.19. The van der Waals surface area contributed by atoms with E-state index in [2.05, 4.69) is 4.90 Å². The van der Waals surface area contributed by atoms with Crippen LogP contribution in [0.5, 0.6) is 0 Å². The summed E-state index contributed by atoms with van der Waals surface area (Å²) in [5.74, 6) is 0.208. The number of hydrogen-bond acceptors (Lipinski definition) is 3. The van der Waals surface area contributed by atoms with Crippen LogP contribution in [0.15, 0.2) is 30.3 Å². The Bertz CT molecular complexity index is 598. The molecule has 0 aromatic heterocycles. The van der Waals surface area contributed by atoms with Gasteiger partial charge in [-0.15, -0.1) is 0 Å². The van der Waals surface area contributed by atoms with Crippen LogP contribution in [-0.2, 0) is 9.59 Å². The van der Waals surface area contributed by atoms with Gasteiger partial charge in [-0.25, -0.2) is 0 Å². The molecule has 0 saturated carbocycles. The highest BCUT2D eigenvalue weighted by Crippen LogP contribution is 2.07. The summed E-state index contributed by atoms with van der Waals surface area (Å²) in [6, 6.07) is 8.09. The predicted octanol–water partition coefficient (Wildman–Crippen LogP) is 2.02. The second-order valence-corrected chi connectivity index (χ2v) is 6.41. The largest absolute Gasteiger partial charge is 0.342 e. The van der Waals surface area contributed by atoms with E-state index in [1.165, 1.54) is 5.56 Å². The van der Waals surface area contributed by atoms with Gasteiger partial charge in [0.15, 0.2) is 0 Å². The Morgan fingerprint density at radius 3 is 2.20 bits per heavy atom. The minimum absolute atomic E-state index is 0.0373. The van der Waals surface area contributed by atoms with E-state index in [4.69, 9.17) is 0 Å². The molecular formula is C20H29N3O2. The molecule has 1 heterocycles. The van der Waals surface area contributed by atoms with Crippen molar-refractivity contribution in [3.63, 3.8) is 0 Å². The van der Waals surface area contributed by atoms with E-state index in [0.29, 0.717) is 19.6 Å². The molecule has 1 saturated heterocycles. The van der Waals surface area contributed by atoms with Crippen LogP contribution in [0, 0.1) is 6.92 Å². The topological polar surface area (TPSA) is 43.9 Å². The van der Waals surface area contributed by atoms with Crippen LogP contribution < -0.4 is 0 Å². The van der Waals surface area contributed by atoms with Crippen molar-refractivity contribution in [1.82, 2.24) is 14.7 Å². The molecule has 25 heavy (non-hydrogen) atoms. The summed E-state index contributed by atoms with van der Waals surface area (Å²) < 4.78 is 0. The second-order valence-electron chi connectivity index (χ2n) is 6.41. The van der Waals surface area contributed by atoms with Gasteiger partial charge in [0, 0.05) is 45.3 Å². The molecule has 5 heteroatoms. The molecule has 0 radical (unpaired) electrons. The Morgan fingerprint density at radius 2 is 1.64 bits per heavy atom. The SMILES string of the molecule is CCN(CC)C(=O)CN1CCN(C(=O)/C=C/c2ccc(C)cc2)CC1. The molecular weight excluding hydrogens is 314 g/mol. The first-order chi connectivity index (χ1) is 12.0. The van der Waals surface area contributed by atoms with Gasteiger partial charge in [-0.05, 0) is 32.4 Å². The van der Waals surface area contributed by atoms with Crippen LogP contribution in [0.3, 0.4) is 0 Å². The molecule has 0 unspecified atom stereocenters. The molecule has 136 valence electrons. The van der Waals surface area contributed by atoms with Crippen LogP contribution >= 0.6 is 0 Å². The number of hydrogen-bond donors (Lipinski definition) is 0. The number of benzene rings is 1. The molecule has 0 N–H and O–H groups in total. The molecule has 0 spiro atoms. The monoisotopic (exact) mass is 343 g/mol. The third-order valence-electron chi connectivity index (χ3n) is 4.65. The fraction of sp³-hybridized carbons (Fsp3) is 0.500. The minimum Gasteiger partial charge on any atom is -0.342 e. The summed E-state index contributed by atoms with van der Waals surface area (Å²) in [6.07, 6.45) is 3.50. The molecule has 0 aliphatic carbocycles. The normalized spacial score (nSPS) is 15.6. The van der Waals surface area contributed by atoms with Crippen LogP contribution in [0.25, 0.3) is 6.08 Å². The minimum atomic E-state index is 0.0373. The van der Waals surface area contributed by atoms with Crippen molar-refractivity contribution in [2.24, 2.45) is 0 Å². The number of piperazine rings is 1. The molecule has 0 atom stereocenters. The number of nitrogens with zero attached hydrogens (tertiary/aromatic N) is 3. The lowest BCUT2D eigenvalue weighted by Gasteiger charge is -2.34. The Morgan fingerprint density at radius 1 is 1.04 bits per heavy atom. The number of rotatable bonds is 6. The Hall–Kier alpha value is -2.14. The summed E-state index contributed by atoms with van der Waals surface area (Å²) in [5.41, 5.74) is 2.24. The van der Waals surface area contributed by atoms with Crippen LogP contribution in [0.2, 0.25) is 0 Å². The predicted molar refractivity (Wildman–Crippen MR) is 101 cm³/mol. The van der Waals surface area contributed by atoms with Crippen molar-refractivity contribution in [3.05, 3.63) is 41.5 Å². The van der Waals surface area contributed by atoms with Gasteiger partial charge < -0.3 is 9.80 Å². The van der Waals surface area contributed by atoms with Gasteiger partial charge in [0.25, 0.3) is 0 Å². The Labute approximate surface area is 150 Å². The molecule has 5 nitrogen and oxygen atoms in total. The first kappa shape index (κ1) is 19.2. The van der Waals surface area contributed by atoms with Gasteiger partial charge in [0.05, 0.1) is 6.54 Å². The van der Waals surface area contributed by atoms with Gasteiger partial charge in [-0.1, -0.05) is 29.8 Å². The summed E-state index contributed by atoms with van der Waals surface area (Å²) >= 11 is 0. The highest BCUT2D eigenvalue weighted by Gasteiger charge is 2.22. The molecule has 0 bridgehead atoms. The quantitative estimate of drug-likeness (QED) is 0.742. The maximum absolute atomic E-state index is 12.3. The van der Waals surface area contributed by atoms with Crippen molar-refractivity contribution in [3.8, 4) is 0 Å². The number of likely N-dealkylation sites (N-methyl/N-ethyl adjacent to an activating group) is 1. The maximum atomic E-state index is 12.3. The highest BCUT2D eigenvalue weighted by molar-refractivity contribution is 5.91. The molecule has 1 aliphatic rings. The van der Waals surface area contributed by atoms with E-state index >= 15 is 0 Å². The van der Waals surface area contributed by atoms with Gasteiger partial charge in [0.2, 0.25) is 11.8 Å². The third kappa shape index (κ3) is 5.71. The molecule has 2 rings (SSSR count). The van der Waals surface area contributed by atoms with Gasteiger partial charge >= 0.3 is 0 Å². The number of amides is 2. The lowest BCUT2D eigenvalue weighted by molar-refractivity contribution is -0.133. The molecule has 1 fully saturated rings. The van der Waals surface area contributed by atoms with Crippen molar-refractivity contribution in [1.29, 1.82) is 0 Å². The summed E-state index contributed by atoms with van der Waals surface area (Å²) in [5, 5.41) is 0. The summed E-state index contributed by atoms with van der Waals surface area (Å²) in [4.78, 5) is 30.3. The molecule has 1 aromatic rings. The smallest absolute Gasteiger partial charge is 0.246 e. The van der Waals surface area contributed by atoms with Crippen molar-refractivity contribution in [2.45, 2.75) is 20.8 Å². The zero-order valence-corrected chi connectivity index (χ0v) is 15.6. The lowest BCUT2D eigenvalue weighted by Crippen LogP contribution is -2.51. The number of aryl methyl sites for hydroxylation is 1. The average Bonchev–Trinajstić information content (AvgIpc) is 2.62. The standard InChI is InChI=1S/C20H29N3O2/c1-4-22(5-2)20(25)16-21-12-14-23(15-13-21)19(24)11-10-18-8-6-17(3)7-9-18/h6-11H,4-5,12-16H2,1-3H3/b11-10+. The van der Waals surface area contributed by atoms with Crippen LogP contribution in [0.1, 0.15) is 25.0 Å². The second kappa shape index (κ2) is 9.37. The van der Waals surface area contributed by atoms with Gasteiger partial charge in [-0.3, -0.25) is 14.5 Å². The zero-order chi connectivity index (χ0) is 18.2. The van der Waals surface area contributed by atoms with Gasteiger partial charge in [0.1, 0.15) is 0 Å². The van der Waals surface area contributed by atoms with Crippen molar-refractivity contribution in [2.75, 3.05) is 45.8 Å². The first-order valence-electron chi connectivity index (χ1n) is 9.07. The fourth-order valence-corrected chi connectivity index (χ4v) is 2.94. The van der Waals surface area contributed by atoms with Crippen molar-refractivity contribution < 1.29 is 9.59 Å². The van der Waals surface area contributed by atoms with E-state index in [1.807, 2.05) is 60.9 Å². The number of carbonyl (C=O) groups excluding carboxylic acids is 2. The van der Waals surface area contributed by atoms with Gasteiger partial charge in [-0.2, -0.15) is 0 Å². The van der Waals surface area contributed by atoms with E-state index in [9.17, 15) is 9.59 Å². The molecule has 2 amide bonds. The maximum Gasteiger partial charge on any atom is 0.246 e. The molecule has 1 aliphatic heterocycles. The van der Waals surface area contributed by atoms with Crippen LogP contribution in [-0.4, -0.2) is 72.3 Å². The third-order valence-corrected chi connectivity index (χ3v) is 4.65. The summed E-state index contributed by atoms with van der Waals surface area (Å²) in [7, 11) is 0. The lowest BCUT2D eigenvalue weighted by atomic mass is 10.1. The Balaban J connectivity index is 1.80. The van der Waals surface area contributed by atoms with E-state index < -0.39 is 0 Å². The van der Waals surface area contributed by atoms with Crippen molar-refractivity contribution >= 4 is 17.9 Å². The first-order valence-corrected chi connectivity index (χ1v) is 9.07. The average molecular weight is 343 g/mol. The van der Waals surface area contributed by atoms with E-state index in [0.717, 1.165) is 31.7 Å². The fourth-order valence-electron chi connectivity index (χ4n) is 2.94. The number of carbonyl (C=O) groups is 2. The zero-order valence-electron chi connectivity index (χ0n) is 15.6. The highest BCUT2D eigenvalue weighted by atomic mass is 16.2.